The van der Waals surface area contributed by atoms with Gasteiger partial charge in [0.2, 0.25) is 11.8 Å². The van der Waals surface area contributed by atoms with E-state index in [1.165, 1.54) is 6.42 Å². The Labute approximate surface area is 121 Å². The van der Waals surface area contributed by atoms with Crippen molar-refractivity contribution in [2.75, 3.05) is 33.4 Å². The maximum Gasteiger partial charge on any atom is 0.239 e. The molecule has 1 heterocycles. The van der Waals surface area contributed by atoms with Crippen molar-refractivity contribution in [3.8, 4) is 0 Å². The molecule has 2 amide bonds. The quantitative estimate of drug-likeness (QED) is 0.652. The Morgan fingerprint density at radius 3 is 2.40 bits per heavy atom. The number of rotatable bonds is 7. The van der Waals surface area contributed by atoms with Gasteiger partial charge in [0.25, 0.3) is 0 Å². The number of ether oxygens (including phenoxy) is 1. The highest BCUT2D eigenvalue weighted by molar-refractivity contribution is 5.84. The molecule has 1 aliphatic heterocycles. The number of likely N-dealkylation sites (tertiary alicyclic amines) is 1. The standard InChI is InChI=1S/C14H27N3O3/c1-11(13(18)15-7-10-20-3)16-12(2)14(19)17-8-5-4-6-9-17/h11-12,16H,4-10H2,1-3H3,(H,15,18). The molecule has 0 radical (unpaired) electrons. The van der Waals surface area contributed by atoms with E-state index in [2.05, 4.69) is 10.6 Å². The molecule has 2 atom stereocenters. The third kappa shape index (κ3) is 5.46. The molecule has 0 bridgehead atoms. The minimum Gasteiger partial charge on any atom is -0.383 e. The lowest BCUT2D eigenvalue weighted by atomic mass is 10.1. The minimum atomic E-state index is -0.393. The van der Waals surface area contributed by atoms with Crippen LogP contribution in [-0.2, 0) is 14.3 Å². The summed E-state index contributed by atoms with van der Waals surface area (Å²) in [5.74, 6) is -0.0263. The first-order chi connectivity index (χ1) is 9.56. The van der Waals surface area contributed by atoms with Gasteiger partial charge in [0, 0.05) is 26.7 Å². The predicted octanol–water partition coefficient (Wildman–Crippen LogP) is 0.128. The lowest BCUT2D eigenvalue weighted by molar-refractivity contribution is -0.134. The fourth-order valence-electron chi connectivity index (χ4n) is 2.34. The Morgan fingerprint density at radius 2 is 1.80 bits per heavy atom. The van der Waals surface area contributed by atoms with Gasteiger partial charge in [-0.15, -0.1) is 0 Å². The first-order valence-electron chi connectivity index (χ1n) is 7.37. The van der Waals surface area contributed by atoms with Gasteiger partial charge in [0.05, 0.1) is 18.7 Å². The van der Waals surface area contributed by atoms with Gasteiger partial charge in [-0.05, 0) is 33.1 Å². The Hall–Kier alpha value is -1.14. The van der Waals surface area contributed by atoms with E-state index in [-0.39, 0.29) is 17.9 Å². The predicted molar refractivity (Wildman–Crippen MR) is 77.4 cm³/mol. The van der Waals surface area contributed by atoms with E-state index in [4.69, 9.17) is 4.74 Å². The van der Waals surface area contributed by atoms with Crippen LogP contribution in [0.2, 0.25) is 0 Å². The second-order valence-corrected chi connectivity index (χ2v) is 5.28. The number of nitrogens with one attached hydrogen (secondary N) is 2. The molecule has 1 fully saturated rings. The number of methoxy groups -OCH3 is 1. The second-order valence-electron chi connectivity index (χ2n) is 5.28. The van der Waals surface area contributed by atoms with Crippen LogP contribution < -0.4 is 10.6 Å². The number of hydrogen-bond donors (Lipinski definition) is 2. The van der Waals surface area contributed by atoms with E-state index >= 15 is 0 Å². The molecule has 20 heavy (non-hydrogen) atoms. The highest BCUT2D eigenvalue weighted by atomic mass is 16.5. The van der Waals surface area contributed by atoms with E-state index in [0.717, 1.165) is 25.9 Å². The molecule has 0 aliphatic carbocycles. The van der Waals surface area contributed by atoms with Crippen LogP contribution in [-0.4, -0.2) is 62.1 Å². The molecule has 1 rings (SSSR count). The van der Waals surface area contributed by atoms with E-state index < -0.39 is 6.04 Å². The van der Waals surface area contributed by atoms with Crippen molar-refractivity contribution < 1.29 is 14.3 Å². The molecule has 116 valence electrons. The highest BCUT2D eigenvalue weighted by Crippen LogP contribution is 2.10. The number of carbonyl (C=O) groups is 2. The molecule has 0 aromatic rings. The molecular formula is C14H27N3O3. The zero-order chi connectivity index (χ0) is 15.0. The van der Waals surface area contributed by atoms with Crippen molar-refractivity contribution in [2.24, 2.45) is 0 Å². The maximum absolute atomic E-state index is 12.2. The smallest absolute Gasteiger partial charge is 0.239 e. The molecule has 6 nitrogen and oxygen atoms in total. The normalized spacial score (nSPS) is 18.4. The summed E-state index contributed by atoms with van der Waals surface area (Å²) in [4.78, 5) is 25.9. The third-order valence-corrected chi connectivity index (χ3v) is 3.54. The molecule has 0 spiro atoms. The lowest BCUT2D eigenvalue weighted by Crippen LogP contribution is -2.53. The second kappa shape index (κ2) is 8.92. The molecule has 2 N–H and O–H groups in total. The van der Waals surface area contributed by atoms with E-state index in [9.17, 15) is 9.59 Å². The number of piperidine rings is 1. The zero-order valence-electron chi connectivity index (χ0n) is 12.8. The maximum atomic E-state index is 12.2. The van der Waals surface area contributed by atoms with E-state index in [1.807, 2.05) is 11.8 Å². The van der Waals surface area contributed by atoms with Gasteiger partial charge in [-0.2, -0.15) is 0 Å². The first kappa shape index (κ1) is 16.9. The molecule has 0 saturated carbocycles. The van der Waals surface area contributed by atoms with Gasteiger partial charge in [0.15, 0.2) is 0 Å². The van der Waals surface area contributed by atoms with Crippen molar-refractivity contribution in [1.82, 2.24) is 15.5 Å². The van der Waals surface area contributed by atoms with Gasteiger partial charge in [0.1, 0.15) is 0 Å². The summed E-state index contributed by atoms with van der Waals surface area (Å²) in [6.07, 6.45) is 3.35. The van der Waals surface area contributed by atoms with Crippen LogP contribution in [0.25, 0.3) is 0 Å². The van der Waals surface area contributed by atoms with Crippen LogP contribution in [0.1, 0.15) is 33.1 Å². The summed E-state index contributed by atoms with van der Waals surface area (Å²) in [7, 11) is 1.59. The van der Waals surface area contributed by atoms with Crippen LogP contribution in [0.15, 0.2) is 0 Å². The molecule has 1 saturated heterocycles. The summed E-state index contributed by atoms with van der Waals surface area (Å²) in [6, 6.07) is -0.730. The molecule has 0 aromatic heterocycles. The largest absolute Gasteiger partial charge is 0.383 e. The van der Waals surface area contributed by atoms with Crippen molar-refractivity contribution in [3.05, 3.63) is 0 Å². The van der Waals surface area contributed by atoms with Gasteiger partial charge in [-0.1, -0.05) is 0 Å². The first-order valence-corrected chi connectivity index (χ1v) is 7.37. The summed E-state index contributed by atoms with van der Waals surface area (Å²) in [6.45, 7) is 6.22. The fraction of sp³-hybridized carbons (Fsp3) is 0.857. The van der Waals surface area contributed by atoms with Crippen molar-refractivity contribution in [1.29, 1.82) is 0 Å². The summed E-state index contributed by atoms with van der Waals surface area (Å²) >= 11 is 0. The average Bonchev–Trinajstić information content (AvgIpc) is 2.47. The number of hydrogen-bond acceptors (Lipinski definition) is 4. The number of nitrogens with zero attached hydrogens (tertiary/aromatic N) is 1. The lowest BCUT2D eigenvalue weighted by Gasteiger charge is -2.30. The fourth-order valence-corrected chi connectivity index (χ4v) is 2.34. The number of amides is 2. The van der Waals surface area contributed by atoms with Crippen molar-refractivity contribution in [2.45, 2.75) is 45.2 Å². The molecule has 6 heteroatoms. The third-order valence-electron chi connectivity index (χ3n) is 3.54. The Balaban J connectivity index is 2.33. The van der Waals surface area contributed by atoms with Gasteiger partial charge >= 0.3 is 0 Å². The van der Waals surface area contributed by atoms with Gasteiger partial charge in [-0.3, -0.25) is 14.9 Å². The van der Waals surface area contributed by atoms with Crippen LogP contribution >= 0.6 is 0 Å². The van der Waals surface area contributed by atoms with Crippen molar-refractivity contribution in [3.63, 3.8) is 0 Å². The highest BCUT2D eigenvalue weighted by Gasteiger charge is 2.24. The minimum absolute atomic E-state index is 0.0845. The Bertz CT molecular complexity index is 317. The van der Waals surface area contributed by atoms with Crippen LogP contribution in [0.5, 0.6) is 0 Å². The molecule has 0 aromatic carbocycles. The zero-order valence-corrected chi connectivity index (χ0v) is 12.8. The SMILES string of the molecule is COCCNC(=O)C(C)NC(C)C(=O)N1CCCCC1. The summed E-state index contributed by atoms with van der Waals surface area (Å²) in [5, 5.41) is 5.82. The van der Waals surface area contributed by atoms with Crippen LogP contribution in [0.4, 0.5) is 0 Å². The molecule has 1 aliphatic rings. The monoisotopic (exact) mass is 285 g/mol. The van der Waals surface area contributed by atoms with Crippen molar-refractivity contribution >= 4 is 11.8 Å². The molecule has 2 unspecified atom stereocenters. The molecular weight excluding hydrogens is 258 g/mol. The van der Waals surface area contributed by atoms with E-state index in [0.29, 0.717) is 13.2 Å². The summed E-state index contributed by atoms with van der Waals surface area (Å²) in [5.41, 5.74) is 0. The topological polar surface area (TPSA) is 70.7 Å². The summed E-state index contributed by atoms with van der Waals surface area (Å²) < 4.78 is 4.87. The van der Waals surface area contributed by atoms with Gasteiger partial charge in [-0.25, -0.2) is 0 Å². The Kier molecular flexibility index (Phi) is 7.54. The number of carbonyl (C=O) groups excluding carboxylic acids is 2. The van der Waals surface area contributed by atoms with Gasteiger partial charge < -0.3 is 15.0 Å². The Morgan fingerprint density at radius 1 is 1.15 bits per heavy atom. The van der Waals surface area contributed by atoms with Crippen LogP contribution in [0.3, 0.4) is 0 Å². The van der Waals surface area contributed by atoms with E-state index in [1.54, 1.807) is 14.0 Å². The van der Waals surface area contributed by atoms with Crippen LogP contribution in [0, 0.1) is 0 Å². The average molecular weight is 285 g/mol.